The van der Waals surface area contributed by atoms with E-state index in [1.54, 1.807) is 0 Å². The van der Waals surface area contributed by atoms with Gasteiger partial charge in [-0.3, -0.25) is 0 Å². The lowest BCUT2D eigenvalue weighted by Crippen LogP contribution is -2.33. The van der Waals surface area contributed by atoms with Gasteiger partial charge in [-0.25, -0.2) is 18.0 Å². The molecule has 0 fully saturated rings. The highest BCUT2D eigenvalue weighted by Crippen LogP contribution is 2.40. The van der Waals surface area contributed by atoms with Crippen molar-refractivity contribution in [2.75, 3.05) is 21.3 Å². The number of carbonyl (C=O) groups is 2. The van der Waals surface area contributed by atoms with Gasteiger partial charge in [-0.1, -0.05) is 24.3 Å². The molecule has 0 N–H and O–H groups in total. The highest BCUT2D eigenvalue weighted by Gasteiger charge is 2.38. The Balaban J connectivity index is 2.12. The summed E-state index contributed by atoms with van der Waals surface area (Å²) in [6, 6.07) is 7.43. The van der Waals surface area contributed by atoms with E-state index < -0.39 is 22.0 Å². The van der Waals surface area contributed by atoms with E-state index in [-0.39, 0.29) is 26.3 Å². The Morgan fingerprint density at radius 2 is 1.79 bits per heavy atom. The summed E-state index contributed by atoms with van der Waals surface area (Å²) in [4.78, 5) is 24.5. The van der Waals surface area contributed by atoms with Gasteiger partial charge >= 0.3 is 11.9 Å². The van der Waals surface area contributed by atoms with Crippen molar-refractivity contribution < 1.29 is 27.5 Å². The molecule has 156 valence electrons. The van der Waals surface area contributed by atoms with Crippen molar-refractivity contribution in [2.45, 2.75) is 36.4 Å². The number of ether oxygens (including phenoxy) is 2. The van der Waals surface area contributed by atoms with Gasteiger partial charge in [-0.15, -0.1) is 11.3 Å². The molecule has 0 aliphatic heterocycles. The molecule has 0 spiro atoms. The molecule has 0 saturated carbocycles. The molecule has 1 aliphatic carbocycles. The molecule has 1 heterocycles. The van der Waals surface area contributed by atoms with Gasteiger partial charge in [0.05, 0.1) is 25.8 Å². The van der Waals surface area contributed by atoms with Crippen LogP contribution in [0, 0.1) is 6.92 Å². The van der Waals surface area contributed by atoms with Gasteiger partial charge in [-0.2, -0.15) is 4.31 Å². The van der Waals surface area contributed by atoms with E-state index in [4.69, 9.17) is 9.47 Å². The van der Waals surface area contributed by atoms with Crippen LogP contribution in [0.2, 0.25) is 0 Å². The SMILES string of the molecule is COC(=O)c1sc(S(=O)(=O)N(C)[C@H]2CCCc3ccccc32)c(C(=O)OC)c1C. The topological polar surface area (TPSA) is 90.0 Å². The number of carbonyl (C=O) groups excluding carboxylic acids is 2. The number of rotatable bonds is 5. The molecule has 1 atom stereocenters. The number of methoxy groups -OCH3 is 2. The minimum atomic E-state index is -4.07. The number of hydrogen-bond donors (Lipinski definition) is 0. The summed E-state index contributed by atoms with van der Waals surface area (Å²) >= 11 is 0.738. The first kappa shape index (κ1) is 21.5. The van der Waals surface area contributed by atoms with Crippen LogP contribution in [-0.4, -0.2) is 45.9 Å². The van der Waals surface area contributed by atoms with Crippen molar-refractivity contribution in [1.82, 2.24) is 4.31 Å². The normalized spacial score (nSPS) is 16.4. The van der Waals surface area contributed by atoms with Crippen LogP contribution in [0.15, 0.2) is 28.5 Å². The number of hydrogen-bond acceptors (Lipinski definition) is 7. The number of thiophene rings is 1. The summed E-state index contributed by atoms with van der Waals surface area (Å²) < 4.78 is 37.7. The number of aryl methyl sites for hydroxylation is 1. The average molecular weight is 438 g/mol. The maximum absolute atomic E-state index is 13.5. The maximum atomic E-state index is 13.5. The second-order valence-electron chi connectivity index (χ2n) is 6.83. The molecule has 2 aromatic rings. The summed E-state index contributed by atoms with van der Waals surface area (Å²) in [5.41, 5.74) is 2.21. The van der Waals surface area contributed by atoms with E-state index in [9.17, 15) is 18.0 Å². The monoisotopic (exact) mass is 437 g/mol. The first-order valence-corrected chi connectivity index (χ1v) is 11.4. The van der Waals surface area contributed by atoms with Gasteiger partial charge in [0.1, 0.15) is 4.88 Å². The van der Waals surface area contributed by atoms with Gasteiger partial charge in [0.25, 0.3) is 10.0 Å². The van der Waals surface area contributed by atoms with E-state index in [2.05, 4.69) is 0 Å². The molecule has 0 radical (unpaired) electrons. The third-order valence-corrected chi connectivity index (χ3v) is 8.90. The van der Waals surface area contributed by atoms with Crippen molar-refractivity contribution in [1.29, 1.82) is 0 Å². The molecule has 1 aromatic heterocycles. The molecule has 1 aliphatic rings. The molecule has 1 aromatic carbocycles. The third kappa shape index (κ3) is 3.70. The zero-order valence-electron chi connectivity index (χ0n) is 16.7. The zero-order chi connectivity index (χ0) is 21.3. The number of esters is 2. The summed E-state index contributed by atoms with van der Waals surface area (Å²) in [5.74, 6) is -1.49. The van der Waals surface area contributed by atoms with Crippen LogP contribution in [0.4, 0.5) is 0 Å². The van der Waals surface area contributed by atoms with Gasteiger partial charge in [0.15, 0.2) is 4.21 Å². The molecule has 0 amide bonds. The Morgan fingerprint density at radius 1 is 1.14 bits per heavy atom. The average Bonchev–Trinajstić information content (AvgIpc) is 3.09. The van der Waals surface area contributed by atoms with Gasteiger partial charge in [0, 0.05) is 7.05 Å². The maximum Gasteiger partial charge on any atom is 0.348 e. The molecule has 0 unspecified atom stereocenters. The first-order valence-electron chi connectivity index (χ1n) is 9.09. The molecular formula is C20H23NO6S2. The molecule has 9 heteroatoms. The van der Waals surface area contributed by atoms with Crippen LogP contribution < -0.4 is 0 Å². The van der Waals surface area contributed by atoms with Crippen LogP contribution in [0.1, 0.15) is 55.6 Å². The fraction of sp³-hybridized carbons (Fsp3) is 0.400. The minimum Gasteiger partial charge on any atom is -0.465 e. The highest BCUT2D eigenvalue weighted by molar-refractivity contribution is 7.91. The van der Waals surface area contributed by atoms with Gasteiger partial charge in [-0.05, 0) is 42.9 Å². The molecule has 29 heavy (non-hydrogen) atoms. The second-order valence-corrected chi connectivity index (χ2v) is 10.0. The van der Waals surface area contributed by atoms with Crippen LogP contribution in [0.3, 0.4) is 0 Å². The molecule has 0 saturated heterocycles. The predicted molar refractivity (Wildman–Crippen MR) is 109 cm³/mol. The van der Waals surface area contributed by atoms with Crippen molar-refractivity contribution >= 4 is 33.3 Å². The van der Waals surface area contributed by atoms with Crippen LogP contribution in [0.5, 0.6) is 0 Å². The van der Waals surface area contributed by atoms with E-state index in [1.165, 1.54) is 32.5 Å². The van der Waals surface area contributed by atoms with Gasteiger partial charge in [0.2, 0.25) is 0 Å². The van der Waals surface area contributed by atoms with E-state index >= 15 is 0 Å². The summed E-state index contributed by atoms with van der Waals surface area (Å²) in [6.45, 7) is 1.52. The highest BCUT2D eigenvalue weighted by atomic mass is 32.2. The largest absolute Gasteiger partial charge is 0.465 e. The van der Waals surface area contributed by atoms with Crippen molar-refractivity contribution in [3.05, 3.63) is 51.4 Å². The Hall–Kier alpha value is -2.23. The summed E-state index contributed by atoms with van der Waals surface area (Å²) in [5, 5.41) is 0. The van der Waals surface area contributed by atoms with Crippen molar-refractivity contribution in [3.8, 4) is 0 Å². The summed E-state index contributed by atoms with van der Waals surface area (Å²) in [7, 11) is -0.175. The van der Waals surface area contributed by atoms with E-state index in [0.29, 0.717) is 6.42 Å². The standard InChI is InChI=1S/C20H23NO6S2/c1-12-16(18(22)26-3)20(28-17(12)19(23)27-4)29(24,25)21(2)15-11-7-9-13-8-5-6-10-14(13)15/h5-6,8,10,15H,7,9,11H2,1-4H3/t15-/m0/s1. The van der Waals surface area contributed by atoms with Gasteiger partial charge < -0.3 is 9.47 Å². The molecular weight excluding hydrogens is 414 g/mol. The first-order chi connectivity index (χ1) is 13.7. The number of benzene rings is 1. The predicted octanol–water partition coefficient (Wildman–Crippen LogP) is 3.33. The lowest BCUT2D eigenvalue weighted by molar-refractivity contribution is 0.0596. The quantitative estimate of drug-likeness (QED) is 0.667. The molecule has 7 nitrogen and oxygen atoms in total. The number of nitrogens with zero attached hydrogens (tertiary/aromatic N) is 1. The smallest absolute Gasteiger partial charge is 0.348 e. The van der Waals surface area contributed by atoms with Crippen LogP contribution in [-0.2, 0) is 25.9 Å². The summed E-state index contributed by atoms with van der Waals surface area (Å²) in [6.07, 6.45) is 2.44. The number of sulfonamides is 1. The Morgan fingerprint density at radius 3 is 2.45 bits per heavy atom. The minimum absolute atomic E-state index is 0.0731. The van der Waals surface area contributed by atoms with Crippen molar-refractivity contribution in [2.24, 2.45) is 0 Å². The fourth-order valence-electron chi connectivity index (χ4n) is 3.70. The Kier molecular flexibility index (Phi) is 6.11. The molecule has 3 rings (SSSR count). The zero-order valence-corrected chi connectivity index (χ0v) is 18.4. The third-order valence-electron chi connectivity index (χ3n) is 5.26. The molecule has 0 bridgehead atoms. The van der Waals surface area contributed by atoms with E-state index in [1.807, 2.05) is 24.3 Å². The Bertz CT molecular complexity index is 1060. The fourth-order valence-corrected chi connectivity index (χ4v) is 6.98. The van der Waals surface area contributed by atoms with Crippen LogP contribution >= 0.6 is 11.3 Å². The Labute approximate surface area is 174 Å². The van der Waals surface area contributed by atoms with Crippen molar-refractivity contribution in [3.63, 3.8) is 0 Å². The lowest BCUT2D eigenvalue weighted by atomic mass is 9.88. The van der Waals surface area contributed by atoms with E-state index in [0.717, 1.165) is 35.3 Å². The number of fused-ring (bicyclic) bond motifs is 1. The van der Waals surface area contributed by atoms with Crippen LogP contribution in [0.25, 0.3) is 0 Å². The second kappa shape index (κ2) is 8.25. The lowest BCUT2D eigenvalue weighted by Gasteiger charge is -2.32.